The van der Waals surface area contributed by atoms with Gasteiger partial charge in [-0.05, 0) is 20.3 Å². The standard InChI is InChI=1S/C13H27NO6S/c1-12(15)20-8-7-18-5-6-19-9-11-21(16,17)10-4-13(2,3)14/h4-11,14H2,1-3H3. The van der Waals surface area contributed by atoms with E-state index in [0.29, 0.717) is 26.2 Å². The first-order valence-corrected chi connectivity index (χ1v) is 8.73. The van der Waals surface area contributed by atoms with Crippen LogP contribution < -0.4 is 5.73 Å². The highest BCUT2D eigenvalue weighted by Gasteiger charge is 2.17. The largest absolute Gasteiger partial charge is 0.463 e. The van der Waals surface area contributed by atoms with Crippen molar-refractivity contribution in [2.24, 2.45) is 5.73 Å². The molecule has 0 spiro atoms. The summed E-state index contributed by atoms with van der Waals surface area (Å²) in [5.41, 5.74) is 5.27. The Morgan fingerprint density at radius 3 is 2.05 bits per heavy atom. The zero-order chi connectivity index (χ0) is 16.4. The number of sulfone groups is 1. The van der Waals surface area contributed by atoms with Gasteiger partial charge in [-0.3, -0.25) is 4.79 Å². The molecule has 0 aromatic rings. The molecule has 0 saturated heterocycles. The molecule has 0 radical (unpaired) electrons. The van der Waals surface area contributed by atoms with Crippen molar-refractivity contribution < 1.29 is 27.4 Å². The van der Waals surface area contributed by atoms with Gasteiger partial charge in [0.05, 0.1) is 37.9 Å². The van der Waals surface area contributed by atoms with Gasteiger partial charge in [-0.1, -0.05) is 0 Å². The molecule has 0 fully saturated rings. The molecule has 0 aromatic carbocycles. The third kappa shape index (κ3) is 15.5. The summed E-state index contributed by atoms with van der Waals surface area (Å²) in [6.45, 7) is 6.20. The fourth-order valence-corrected chi connectivity index (χ4v) is 2.69. The van der Waals surface area contributed by atoms with Gasteiger partial charge in [0, 0.05) is 12.5 Å². The fourth-order valence-electron chi connectivity index (χ4n) is 1.27. The predicted molar refractivity (Wildman–Crippen MR) is 79.8 cm³/mol. The third-order valence-electron chi connectivity index (χ3n) is 2.50. The molecule has 0 saturated carbocycles. The molecule has 8 heteroatoms. The van der Waals surface area contributed by atoms with E-state index >= 15 is 0 Å². The van der Waals surface area contributed by atoms with Crippen LogP contribution in [0.3, 0.4) is 0 Å². The van der Waals surface area contributed by atoms with Crippen molar-refractivity contribution in [3.8, 4) is 0 Å². The van der Waals surface area contributed by atoms with Crippen LogP contribution in [0.5, 0.6) is 0 Å². The number of hydrogen-bond donors (Lipinski definition) is 1. The Morgan fingerprint density at radius 1 is 1.00 bits per heavy atom. The molecule has 21 heavy (non-hydrogen) atoms. The number of ether oxygens (including phenoxy) is 3. The van der Waals surface area contributed by atoms with Gasteiger partial charge in [-0.25, -0.2) is 8.42 Å². The smallest absolute Gasteiger partial charge is 0.302 e. The summed E-state index contributed by atoms with van der Waals surface area (Å²) < 4.78 is 38.4. The molecule has 0 aromatic heterocycles. The molecule has 7 nitrogen and oxygen atoms in total. The van der Waals surface area contributed by atoms with Crippen molar-refractivity contribution in [1.29, 1.82) is 0 Å². The zero-order valence-corrected chi connectivity index (χ0v) is 13.9. The lowest BCUT2D eigenvalue weighted by atomic mass is 10.0. The minimum Gasteiger partial charge on any atom is -0.463 e. The van der Waals surface area contributed by atoms with Gasteiger partial charge in [0.2, 0.25) is 0 Å². The van der Waals surface area contributed by atoms with E-state index in [9.17, 15) is 13.2 Å². The van der Waals surface area contributed by atoms with Gasteiger partial charge < -0.3 is 19.9 Å². The number of carbonyl (C=O) groups is 1. The van der Waals surface area contributed by atoms with E-state index in [1.54, 1.807) is 13.8 Å². The highest BCUT2D eigenvalue weighted by Crippen LogP contribution is 2.06. The van der Waals surface area contributed by atoms with E-state index in [-0.39, 0.29) is 30.7 Å². The van der Waals surface area contributed by atoms with Gasteiger partial charge in [0.25, 0.3) is 0 Å². The first-order valence-electron chi connectivity index (χ1n) is 6.90. The van der Waals surface area contributed by atoms with E-state index in [0.717, 1.165) is 0 Å². The number of rotatable bonds is 12. The molecule has 2 N–H and O–H groups in total. The molecule has 0 heterocycles. The van der Waals surface area contributed by atoms with Crippen molar-refractivity contribution in [2.45, 2.75) is 32.7 Å². The van der Waals surface area contributed by atoms with Crippen molar-refractivity contribution in [1.82, 2.24) is 0 Å². The summed E-state index contributed by atoms with van der Waals surface area (Å²) in [4.78, 5) is 10.5. The normalized spacial score (nSPS) is 12.4. The van der Waals surface area contributed by atoms with Gasteiger partial charge in [0.15, 0.2) is 9.84 Å². The van der Waals surface area contributed by atoms with E-state index < -0.39 is 15.4 Å². The Morgan fingerprint density at radius 2 is 1.52 bits per heavy atom. The van der Waals surface area contributed by atoms with Crippen LogP contribution in [-0.2, 0) is 28.8 Å². The first-order chi connectivity index (χ1) is 9.62. The molecule has 0 aliphatic rings. The molecule has 0 atom stereocenters. The van der Waals surface area contributed by atoms with Crippen LogP contribution in [-0.4, -0.2) is 64.5 Å². The van der Waals surface area contributed by atoms with E-state index in [1.807, 2.05) is 0 Å². The maximum Gasteiger partial charge on any atom is 0.302 e. The zero-order valence-electron chi connectivity index (χ0n) is 13.1. The van der Waals surface area contributed by atoms with E-state index in [4.69, 9.17) is 15.2 Å². The van der Waals surface area contributed by atoms with Crippen molar-refractivity contribution in [2.75, 3.05) is 44.5 Å². The number of nitrogens with two attached hydrogens (primary N) is 1. The van der Waals surface area contributed by atoms with Gasteiger partial charge >= 0.3 is 5.97 Å². The summed E-state index contributed by atoms with van der Waals surface area (Å²) >= 11 is 0. The number of hydrogen-bond acceptors (Lipinski definition) is 7. The summed E-state index contributed by atoms with van der Waals surface area (Å²) in [6.07, 6.45) is 0.425. The maximum absolute atomic E-state index is 11.7. The quantitative estimate of drug-likeness (QED) is 0.401. The topological polar surface area (TPSA) is 105 Å². The SMILES string of the molecule is CC(=O)OCCOCCOCCS(=O)(=O)CCC(C)(C)N. The Hall–Kier alpha value is -0.700. The second kappa shape index (κ2) is 10.1. The highest BCUT2D eigenvalue weighted by molar-refractivity contribution is 7.91. The van der Waals surface area contributed by atoms with Crippen molar-refractivity contribution >= 4 is 15.8 Å². The lowest BCUT2D eigenvalue weighted by molar-refractivity contribution is -0.142. The van der Waals surface area contributed by atoms with Gasteiger partial charge in [-0.15, -0.1) is 0 Å². The molecule has 0 rings (SSSR count). The van der Waals surface area contributed by atoms with Gasteiger partial charge in [-0.2, -0.15) is 0 Å². The molecule has 0 aliphatic carbocycles. The predicted octanol–water partition coefficient (Wildman–Crippen LogP) is 0.125. The summed E-state index contributed by atoms with van der Waals surface area (Å²) in [5.74, 6) is -0.296. The molecule has 0 amide bonds. The Balaban J connectivity index is 3.51. The molecule has 0 unspecified atom stereocenters. The van der Waals surface area contributed by atoms with Crippen LogP contribution in [0, 0.1) is 0 Å². The average molecular weight is 325 g/mol. The molecular weight excluding hydrogens is 298 g/mol. The molecule has 0 aliphatic heterocycles. The molecule has 0 bridgehead atoms. The number of carbonyl (C=O) groups excluding carboxylic acids is 1. The van der Waals surface area contributed by atoms with Crippen molar-refractivity contribution in [3.63, 3.8) is 0 Å². The Bertz CT molecular complexity index is 388. The van der Waals surface area contributed by atoms with Crippen LogP contribution in [0.4, 0.5) is 0 Å². The Kier molecular flexibility index (Phi) is 9.76. The molecule has 126 valence electrons. The van der Waals surface area contributed by atoms with Crippen LogP contribution in [0.25, 0.3) is 0 Å². The third-order valence-corrected chi connectivity index (χ3v) is 4.12. The van der Waals surface area contributed by atoms with Gasteiger partial charge in [0.1, 0.15) is 6.61 Å². The average Bonchev–Trinajstić information content (AvgIpc) is 2.33. The first kappa shape index (κ1) is 20.3. The van der Waals surface area contributed by atoms with Crippen molar-refractivity contribution in [3.05, 3.63) is 0 Å². The summed E-state index contributed by atoms with van der Waals surface area (Å²) in [7, 11) is -3.13. The summed E-state index contributed by atoms with van der Waals surface area (Å²) in [6, 6.07) is 0. The Labute approximate surface area is 127 Å². The van der Waals surface area contributed by atoms with Crippen LogP contribution in [0.2, 0.25) is 0 Å². The van der Waals surface area contributed by atoms with Crippen LogP contribution in [0.15, 0.2) is 0 Å². The highest BCUT2D eigenvalue weighted by atomic mass is 32.2. The lowest BCUT2D eigenvalue weighted by Crippen LogP contribution is -2.34. The maximum atomic E-state index is 11.7. The van der Waals surface area contributed by atoms with E-state index in [2.05, 4.69) is 4.74 Å². The summed E-state index contributed by atoms with van der Waals surface area (Å²) in [5, 5.41) is 0. The number of esters is 1. The minimum atomic E-state index is -3.13. The molecular formula is C13H27NO6S. The van der Waals surface area contributed by atoms with E-state index in [1.165, 1.54) is 6.92 Å². The van der Waals surface area contributed by atoms with Crippen LogP contribution in [0.1, 0.15) is 27.2 Å². The second-order valence-electron chi connectivity index (χ2n) is 5.46. The monoisotopic (exact) mass is 325 g/mol. The minimum absolute atomic E-state index is 0.0173. The lowest BCUT2D eigenvalue weighted by Gasteiger charge is -2.17. The fraction of sp³-hybridized carbons (Fsp3) is 0.923. The van der Waals surface area contributed by atoms with Crippen LogP contribution >= 0.6 is 0 Å². The second-order valence-corrected chi connectivity index (χ2v) is 7.76.